The normalized spacial score (nSPS) is 11.1. The molecule has 30 heavy (non-hydrogen) atoms. The number of aromatic hydroxyl groups is 2. The standard InChI is InChI=1S/C22H26N4O4/c27-19-9-5-7-17(13-19)15-23-25-21(29)11-3-1-2-4-12-22(30)26-24-16-18-8-6-10-20(28)14-18/h5-10,13-16,27-28H,1-4,11-12H2,(H,25,29)(H,26,30)/b23-15+,24-16+. The van der Waals surface area contributed by atoms with Crippen LogP contribution in [0.15, 0.2) is 58.7 Å². The number of amides is 2. The van der Waals surface area contributed by atoms with E-state index in [0.29, 0.717) is 36.8 Å². The van der Waals surface area contributed by atoms with Crippen LogP contribution in [0, 0.1) is 0 Å². The minimum absolute atomic E-state index is 0.141. The molecule has 2 aromatic carbocycles. The highest BCUT2D eigenvalue weighted by Crippen LogP contribution is 2.10. The first kappa shape index (κ1) is 22.6. The first-order chi connectivity index (χ1) is 14.5. The summed E-state index contributed by atoms with van der Waals surface area (Å²) in [5.74, 6) is -0.0691. The Bertz CT molecular complexity index is 823. The molecule has 0 fully saturated rings. The first-order valence-electron chi connectivity index (χ1n) is 9.75. The lowest BCUT2D eigenvalue weighted by molar-refractivity contribution is -0.122. The minimum Gasteiger partial charge on any atom is -0.508 e. The van der Waals surface area contributed by atoms with Gasteiger partial charge in [0.2, 0.25) is 11.8 Å². The molecule has 0 bridgehead atoms. The smallest absolute Gasteiger partial charge is 0.240 e. The van der Waals surface area contributed by atoms with Crippen molar-refractivity contribution in [3.05, 3.63) is 59.7 Å². The molecule has 0 aliphatic heterocycles. The second-order valence-corrected chi connectivity index (χ2v) is 6.69. The Hall–Kier alpha value is -3.68. The average molecular weight is 410 g/mol. The van der Waals surface area contributed by atoms with Gasteiger partial charge in [-0.1, -0.05) is 37.1 Å². The predicted octanol–water partition coefficient (Wildman–Crippen LogP) is 3.04. The van der Waals surface area contributed by atoms with Crippen molar-refractivity contribution >= 4 is 24.2 Å². The highest BCUT2D eigenvalue weighted by Gasteiger charge is 2.02. The van der Waals surface area contributed by atoms with E-state index in [1.807, 2.05) is 0 Å². The molecule has 0 saturated carbocycles. The number of hydrazone groups is 2. The maximum absolute atomic E-state index is 11.7. The van der Waals surface area contributed by atoms with Gasteiger partial charge in [0.15, 0.2) is 0 Å². The predicted molar refractivity (Wildman–Crippen MR) is 115 cm³/mol. The van der Waals surface area contributed by atoms with Gasteiger partial charge in [-0.3, -0.25) is 9.59 Å². The molecule has 0 unspecified atom stereocenters. The molecule has 0 aliphatic rings. The highest BCUT2D eigenvalue weighted by atomic mass is 16.3. The molecule has 0 saturated heterocycles. The Labute approximate surface area is 175 Å². The summed E-state index contributed by atoms with van der Waals surface area (Å²) in [5.41, 5.74) is 6.29. The topological polar surface area (TPSA) is 123 Å². The minimum atomic E-state index is -0.176. The van der Waals surface area contributed by atoms with Gasteiger partial charge in [0, 0.05) is 12.8 Å². The summed E-state index contributed by atoms with van der Waals surface area (Å²) in [7, 11) is 0. The Morgan fingerprint density at radius 1 is 0.733 bits per heavy atom. The van der Waals surface area contributed by atoms with Gasteiger partial charge in [0.05, 0.1) is 12.4 Å². The van der Waals surface area contributed by atoms with E-state index in [1.54, 1.807) is 48.5 Å². The lowest BCUT2D eigenvalue weighted by Gasteiger charge is -2.02. The average Bonchev–Trinajstić information content (AvgIpc) is 2.71. The van der Waals surface area contributed by atoms with Crippen LogP contribution in [0.4, 0.5) is 0 Å². The SMILES string of the molecule is O=C(CCCCCCC(=O)N/N=C/c1cccc(O)c1)N/N=C/c1cccc(O)c1. The number of phenolic OH excluding ortho intramolecular Hbond substituents is 2. The zero-order chi connectivity index (χ0) is 21.6. The third-order valence-corrected chi connectivity index (χ3v) is 4.10. The fourth-order valence-electron chi connectivity index (χ4n) is 2.60. The molecular formula is C22H26N4O4. The van der Waals surface area contributed by atoms with Crippen molar-refractivity contribution in [2.45, 2.75) is 38.5 Å². The molecule has 8 heteroatoms. The van der Waals surface area contributed by atoms with Crippen LogP contribution < -0.4 is 10.9 Å². The van der Waals surface area contributed by atoms with Crippen molar-refractivity contribution < 1.29 is 19.8 Å². The van der Waals surface area contributed by atoms with Crippen molar-refractivity contribution in [3.63, 3.8) is 0 Å². The number of unbranched alkanes of at least 4 members (excludes halogenated alkanes) is 3. The quantitative estimate of drug-likeness (QED) is 0.258. The molecule has 0 heterocycles. The van der Waals surface area contributed by atoms with E-state index in [2.05, 4.69) is 21.1 Å². The molecule has 2 aromatic rings. The number of carbonyl (C=O) groups excluding carboxylic acids is 2. The summed E-state index contributed by atoms with van der Waals surface area (Å²) in [6.45, 7) is 0. The number of nitrogens with zero attached hydrogens (tertiary/aromatic N) is 2. The van der Waals surface area contributed by atoms with Crippen molar-refractivity contribution in [3.8, 4) is 11.5 Å². The molecule has 0 radical (unpaired) electrons. The second kappa shape index (κ2) is 12.7. The lowest BCUT2D eigenvalue weighted by Crippen LogP contribution is -2.17. The Morgan fingerprint density at radius 2 is 1.17 bits per heavy atom. The molecule has 0 spiro atoms. The van der Waals surface area contributed by atoms with Gasteiger partial charge in [-0.25, -0.2) is 10.9 Å². The third-order valence-electron chi connectivity index (χ3n) is 4.10. The molecule has 158 valence electrons. The number of rotatable bonds is 11. The number of phenols is 2. The van der Waals surface area contributed by atoms with Crippen LogP contribution in [-0.2, 0) is 9.59 Å². The zero-order valence-electron chi connectivity index (χ0n) is 16.6. The van der Waals surface area contributed by atoms with Gasteiger partial charge in [-0.05, 0) is 48.2 Å². The third kappa shape index (κ3) is 9.50. The van der Waals surface area contributed by atoms with Gasteiger partial charge in [-0.15, -0.1) is 0 Å². The van der Waals surface area contributed by atoms with Crippen LogP contribution in [0.25, 0.3) is 0 Å². The van der Waals surface area contributed by atoms with Gasteiger partial charge in [-0.2, -0.15) is 10.2 Å². The maximum atomic E-state index is 11.7. The van der Waals surface area contributed by atoms with Crippen LogP contribution in [0.5, 0.6) is 11.5 Å². The van der Waals surface area contributed by atoms with Crippen molar-refractivity contribution in [2.24, 2.45) is 10.2 Å². The Kier molecular flexibility index (Phi) is 9.58. The van der Waals surface area contributed by atoms with Crippen LogP contribution >= 0.6 is 0 Å². The van der Waals surface area contributed by atoms with Crippen molar-refractivity contribution in [1.82, 2.24) is 10.9 Å². The van der Waals surface area contributed by atoms with E-state index in [1.165, 1.54) is 12.4 Å². The van der Waals surface area contributed by atoms with E-state index in [0.717, 1.165) is 12.8 Å². The summed E-state index contributed by atoms with van der Waals surface area (Å²) in [6, 6.07) is 13.1. The molecule has 2 amide bonds. The molecule has 0 aliphatic carbocycles. The fraction of sp³-hybridized carbons (Fsp3) is 0.273. The number of hydrogen-bond donors (Lipinski definition) is 4. The molecule has 8 nitrogen and oxygen atoms in total. The highest BCUT2D eigenvalue weighted by molar-refractivity contribution is 5.83. The van der Waals surface area contributed by atoms with Gasteiger partial charge < -0.3 is 10.2 Å². The number of nitrogens with one attached hydrogen (secondary N) is 2. The van der Waals surface area contributed by atoms with Gasteiger partial charge >= 0.3 is 0 Å². The Balaban J connectivity index is 1.50. The van der Waals surface area contributed by atoms with E-state index < -0.39 is 0 Å². The summed E-state index contributed by atoms with van der Waals surface area (Å²) in [6.07, 6.45) is 6.76. The molecule has 2 rings (SSSR count). The van der Waals surface area contributed by atoms with Gasteiger partial charge in [0.1, 0.15) is 11.5 Å². The first-order valence-corrected chi connectivity index (χ1v) is 9.75. The number of carbonyl (C=O) groups is 2. The van der Waals surface area contributed by atoms with E-state index >= 15 is 0 Å². The van der Waals surface area contributed by atoms with E-state index in [9.17, 15) is 19.8 Å². The lowest BCUT2D eigenvalue weighted by atomic mass is 10.1. The van der Waals surface area contributed by atoms with Gasteiger partial charge in [0.25, 0.3) is 0 Å². The fourth-order valence-corrected chi connectivity index (χ4v) is 2.60. The summed E-state index contributed by atoms with van der Waals surface area (Å²) in [5, 5.41) is 26.4. The second-order valence-electron chi connectivity index (χ2n) is 6.69. The van der Waals surface area contributed by atoms with Crippen LogP contribution in [0.2, 0.25) is 0 Å². The Morgan fingerprint density at radius 3 is 1.57 bits per heavy atom. The largest absolute Gasteiger partial charge is 0.508 e. The van der Waals surface area contributed by atoms with Crippen LogP contribution in [-0.4, -0.2) is 34.5 Å². The zero-order valence-corrected chi connectivity index (χ0v) is 16.6. The molecular weight excluding hydrogens is 384 g/mol. The summed E-state index contributed by atoms with van der Waals surface area (Å²) in [4.78, 5) is 23.5. The van der Waals surface area contributed by atoms with Crippen molar-refractivity contribution in [2.75, 3.05) is 0 Å². The summed E-state index contributed by atoms with van der Waals surface area (Å²) >= 11 is 0. The number of hydrogen-bond acceptors (Lipinski definition) is 6. The molecule has 0 aromatic heterocycles. The van der Waals surface area contributed by atoms with Crippen molar-refractivity contribution in [1.29, 1.82) is 0 Å². The monoisotopic (exact) mass is 410 g/mol. The summed E-state index contributed by atoms with van der Waals surface area (Å²) < 4.78 is 0. The van der Waals surface area contributed by atoms with E-state index in [-0.39, 0.29) is 23.3 Å². The molecule has 4 N–H and O–H groups in total. The van der Waals surface area contributed by atoms with E-state index in [4.69, 9.17) is 0 Å². The van der Waals surface area contributed by atoms with Crippen LogP contribution in [0.3, 0.4) is 0 Å². The maximum Gasteiger partial charge on any atom is 0.240 e. The van der Waals surface area contributed by atoms with Crippen LogP contribution in [0.1, 0.15) is 49.7 Å². The number of benzene rings is 2. The molecule has 0 atom stereocenters.